The molecule has 0 unspecified atom stereocenters. The number of imidazole rings is 1. The smallest absolute Gasteiger partial charge is 0.249 e. The van der Waals surface area contributed by atoms with Gasteiger partial charge in [-0.1, -0.05) is 47.6 Å². The lowest BCUT2D eigenvalue weighted by Crippen LogP contribution is -2.05. The molecule has 4 rings (SSSR count). The maximum Gasteiger partial charge on any atom is 0.249 e. The van der Waals surface area contributed by atoms with Crippen LogP contribution in [-0.2, 0) is 17.0 Å². The van der Waals surface area contributed by atoms with Gasteiger partial charge in [-0.15, -0.1) is 10.2 Å². The van der Waals surface area contributed by atoms with Gasteiger partial charge in [0.05, 0.1) is 34.0 Å². The molecule has 0 spiro atoms. The Morgan fingerprint density at radius 1 is 1.11 bits per heavy atom. The van der Waals surface area contributed by atoms with Gasteiger partial charge in [-0.25, -0.2) is 4.98 Å². The number of rotatable bonds is 7. The molecule has 0 bridgehead atoms. The van der Waals surface area contributed by atoms with E-state index in [1.165, 1.54) is 0 Å². The summed E-state index contributed by atoms with van der Waals surface area (Å²) in [5, 5.41) is 9.73. The number of hydrogen-bond donors (Lipinski definition) is 0. The molecule has 0 atom stereocenters. The van der Waals surface area contributed by atoms with Crippen LogP contribution in [0.15, 0.2) is 58.1 Å². The minimum Gasteiger partial charge on any atom is -0.420 e. The van der Waals surface area contributed by atoms with E-state index in [-0.39, 0.29) is 0 Å². The standard InChI is InChI=1S/C19H17ClN4O2S/c1-25-11-10-24-16-9-5-4-8-15(16)21-19(24)27-12-17-22-23-18(26-17)13-6-2-3-7-14(13)20/h2-9H,10-12H2,1H3. The third kappa shape index (κ3) is 3.85. The molecule has 0 amide bonds. The summed E-state index contributed by atoms with van der Waals surface area (Å²) in [6.45, 7) is 1.35. The minimum atomic E-state index is 0.420. The molecule has 6 nitrogen and oxygen atoms in total. The van der Waals surface area contributed by atoms with Crippen LogP contribution in [0, 0.1) is 0 Å². The molecule has 2 aromatic carbocycles. The summed E-state index contributed by atoms with van der Waals surface area (Å²) in [7, 11) is 1.70. The molecule has 0 fully saturated rings. The number of halogens is 1. The number of aromatic nitrogens is 4. The maximum atomic E-state index is 6.20. The normalized spacial score (nSPS) is 11.3. The van der Waals surface area contributed by atoms with Gasteiger partial charge in [0.25, 0.3) is 0 Å². The lowest BCUT2D eigenvalue weighted by Gasteiger charge is -2.07. The van der Waals surface area contributed by atoms with Crippen LogP contribution in [-0.4, -0.2) is 33.5 Å². The largest absolute Gasteiger partial charge is 0.420 e. The highest BCUT2D eigenvalue weighted by molar-refractivity contribution is 7.98. The van der Waals surface area contributed by atoms with Crippen LogP contribution in [0.2, 0.25) is 5.02 Å². The third-order valence-corrected chi connectivity index (χ3v) is 5.33. The Morgan fingerprint density at radius 3 is 2.78 bits per heavy atom. The second-order valence-corrected chi connectivity index (χ2v) is 7.15. The Labute approximate surface area is 165 Å². The van der Waals surface area contributed by atoms with Crippen molar-refractivity contribution in [2.45, 2.75) is 17.5 Å². The number of thioether (sulfide) groups is 1. The molecule has 0 saturated heterocycles. The summed E-state index contributed by atoms with van der Waals surface area (Å²) < 4.78 is 13.2. The zero-order valence-corrected chi connectivity index (χ0v) is 16.2. The van der Waals surface area contributed by atoms with E-state index in [0.717, 1.165) is 28.3 Å². The first-order chi connectivity index (χ1) is 13.3. The van der Waals surface area contributed by atoms with Gasteiger partial charge in [0.2, 0.25) is 11.8 Å². The molecular formula is C19H17ClN4O2S. The van der Waals surface area contributed by atoms with E-state index < -0.39 is 0 Å². The van der Waals surface area contributed by atoms with E-state index in [0.29, 0.717) is 29.2 Å². The second kappa shape index (κ2) is 8.12. The Hall–Kier alpha value is -2.35. The molecule has 0 radical (unpaired) electrons. The van der Waals surface area contributed by atoms with E-state index in [1.54, 1.807) is 24.9 Å². The quantitative estimate of drug-likeness (QED) is 0.420. The van der Waals surface area contributed by atoms with Gasteiger partial charge in [0, 0.05) is 13.7 Å². The number of hydrogen-bond acceptors (Lipinski definition) is 6. The maximum absolute atomic E-state index is 6.20. The summed E-state index contributed by atoms with van der Waals surface area (Å²) in [5.41, 5.74) is 2.77. The van der Waals surface area contributed by atoms with Crippen LogP contribution in [0.25, 0.3) is 22.5 Å². The van der Waals surface area contributed by atoms with Crippen LogP contribution in [0.3, 0.4) is 0 Å². The van der Waals surface area contributed by atoms with Crippen molar-refractivity contribution >= 4 is 34.4 Å². The third-order valence-electron chi connectivity index (χ3n) is 4.03. The summed E-state index contributed by atoms with van der Waals surface area (Å²) >= 11 is 7.75. The van der Waals surface area contributed by atoms with Crippen LogP contribution < -0.4 is 0 Å². The Balaban J connectivity index is 1.55. The lowest BCUT2D eigenvalue weighted by atomic mass is 10.2. The van der Waals surface area contributed by atoms with Crippen molar-refractivity contribution in [3.05, 3.63) is 59.4 Å². The first kappa shape index (κ1) is 18.0. The first-order valence-corrected chi connectivity index (χ1v) is 9.77. The van der Waals surface area contributed by atoms with E-state index in [9.17, 15) is 0 Å². The molecule has 0 aliphatic rings. The van der Waals surface area contributed by atoms with E-state index in [1.807, 2.05) is 36.4 Å². The van der Waals surface area contributed by atoms with Crippen molar-refractivity contribution < 1.29 is 9.15 Å². The van der Waals surface area contributed by atoms with Gasteiger partial charge in [0.1, 0.15) is 0 Å². The van der Waals surface area contributed by atoms with Crippen molar-refractivity contribution in [1.29, 1.82) is 0 Å². The SMILES string of the molecule is COCCn1c(SCc2nnc(-c3ccccc3Cl)o2)nc2ccccc21. The van der Waals surface area contributed by atoms with Crippen LogP contribution in [0.5, 0.6) is 0 Å². The van der Waals surface area contributed by atoms with E-state index in [2.05, 4.69) is 20.8 Å². The van der Waals surface area contributed by atoms with Crippen molar-refractivity contribution in [3.63, 3.8) is 0 Å². The minimum absolute atomic E-state index is 0.420. The number of benzene rings is 2. The van der Waals surface area contributed by atoms with Crippen LogP contribution in [0.4, 0.5) is 0 Å². The molecule has 0 aliphatic carbocycles. The number of methoxy groups -OCH3 is 1. The molecule has 0 saturated carbocycles. The van der Waals surface area contributed by atoms with Crippen LogP contribution in [0.1, 0.15) is 5.89 Å². The predicted octanol–water partition coefficient (Wildman–Crippen LogP) is 4.68. The molecule has 0 N–H and O–H groups in total. The topological polar surface area (TPSA) is 66.0 Å². The second-order valence-electron chi connectivity index (χ2n) is 5.80. The lowest BCUT2D eigenvalue weighted by molar-refractivity contribution is 0.186. The fraction of sp³-hybridized carbons (Fsp3) is 0.211. The van der Waals surface area contributed by atoms with Gasteiger partial charge >= 0.3 is 0 Å². The zero-order chi connectivity index (χ0) is 18.6. The van der Waals surface area contributed by atoms with Crippen molar-refractivity contribution in [2.75, 3.05) is 13.7 Å². The van der Waals surface area contributed by atoms with E-state index in [4.69, 9.17) is 25.7 Å². The van der Waals surface area contributed by atoms with Crippen molar-refractivity contribution in [3.8, 4) is 11.5 Å². The predicted molar refractivity (Wildman–Crippen MR) is 106 cm³/mol. The van der Waals surface area contributed by atoms with Gasteiger partial charge in [-0.2, -0.15) is 0 Å². The summed E-state index contributed by atoms with van der Waals surface area (Å²) in [4.78, 5) is 4.72. The number of fused-ring (bicyclic) bond motifs is 1. The van der Waals surface area contributed by atoms with E-state index >= 15 is 0 Å². The molecule has 0 aliphatic heterocycles. The van der Waals surface area contributed by atoms with Gasteiger partial charge in [-0.05, 0) is 24.3 Å². The van der Waals surface area contributed by atoms with Gasteiger partial charge < -0.3 is 13.7 Å². The average molecular weight is 401 g/mol. The highest BCUT2D eigenvalue weighted by Crippen LogP contribution is 2.29. The molecular weight excluding hydrogens is 384 g/mol. The Bertz CT molecular complexity index is 1060. The number of nitrogens with zero attached hydrogens (tertiary/aromatic N) is 4. The van der Waals surface area contributed by atoms with Gasteiger partial charge in [0.15, 0.2) is 5.16 Å². The van der Waals surface area contributed by atoms with Gasteiger partial charge in [-0.3, -0.25) is 0 Å². The summed E-state index contributed by atoms with van der Waals surface area (Å²) in [6, 6.07) is 15.5. The monoisotopic (exact) mass is 400 g/mol. The summed E-state index contributed by atoms with van der Waals surface area (Å²) in [6.07, 6.45) is 0. The molecule has 27 heavy (non-hydrogen) atoms. The fourth-order valence-corrected chi connectivity index (χ4v) is 3.84. The molecule has 2 aromatic heterocycles. The molecule has 138 valence electrons. The van der Waals surface area contributed by atoms with Crippen molar-refractivity contribution in [2.24, 2.45) is 0 Å². The Kier molecular flexibility index (Phi) is 5.42. The highest BCUT2D eigenvalue weighted by atomic mass is 35.5. The number of para-hydroxylation sites is 2. The average Bonchev–Trinajstić information content (AvgIpc) is 3.29. The van der Waals surface area contributed by atoms with Crippen molar-refractivity contribution in [1.82, 2.24) is 19.7 Å². The molecule has 2 heterocycles. The molecule has 8 heteroatoms. The highest BCUT2D eigenvalue weighted by Gasteiger charge is 2.15. The Morgan fingerprint density at radius 2 is 1.93 bits per heavy atom. The number of ether oxygens (including phenoxy) is 1. The fourth-order valence-electron chi connectivity index (χ4n) is 2.74. The molecule has 4 aromatic rings. The van der Waals surface area contributed by atoms with Crippen LogP contribution >= 0.6 is 23.4 Å². The summed E-state index contributed by atoms with van der Waals surface area (Å²) in [5.74, 6) is 1.47. The first-order valence-electron chi connectivity index (χ1n) is 8.40. The zero-order valence-electron chi connectivity index (χ0n) is 14.6.